The van der Waals surface area contributed by atoms with Crippen LogP contribution in [0.4, 0.5) is 0 Å². The molecule has 0 fully saturated rings. The predicted octanol–water partition coefficient (Wildman–Crippen LogP) is 3.94. The molecule has 5 heteroatoms. The highest BCUT2D eigenvalue weighted by Gasteiger charge is 2.08. The molecule has 2 N–H and O–H groups in total. The lowest BCUT2D eigenvalue weighted by Crippen LogP contribution is -2.44. The molecule has 0 heterocycles. The van der Waals surface area contributed by atoms with E-state index in [-0.39, 0.29) is 24.0 Å². The first kappa shape index (κ1) is 22.2. The molecule has 1 rings (SSSR count). The van der Waals surface area contributed by atoms with Gasteiger partial charge in [-0.2, -0.15) is 0 Å². The maximum absolute atomic E-state index is 5.41. The van der Waals surface area contributed by atoms with Crippen LogP contribution in [-0.4, -0.2) is 25.2 Å². The third-order valence-electron chi connectivity index (χ3n) is 3.62. The Hall–Kier alpha value is -0.820. The van der Waals surface area contributed by atoms with Crippen molar-refractivity contribution in [1.29, 1.82) is 0 Å². The van der Waals surface area contributed by atoms with Crippen LogP contribution in [0.1, 0.15) is 45.7 Å². The summed E-state index contributed by atoms with van der Waals surface area (Å²) in [5.41, 5.74) is 2.41. The molecule has 1 unspecified atom stereocenters. The van der Waals surface area contributed by atoms with Gasteiger partial charge in [-0.1, -0.05) is 38.1 Å². The number of hydrogen-bond acceptors (Lipinski definition) is 2. The Morgan fingerprint density at radius 1 is 1.09 bits per heavy atom. The van der Waals surface area contributed by atoms with Crippen LogP contribution in [0.2, 0.25) is 0 Å². The quantitative estimate of drug-likeness (QED) is 0.371. The number of ether oxygens (including phenoxy) is 1. The van der Waals surface area contributed by atoms with Crippen molar-refractivity contribution in [2.45, 2.75) is 53.8 Å². The molecule has 0 spiro atoms. The number of nitrogens with one attached hydrogen (secondary N) is 2. The van der Waals surface area contributed by atoms with E-state index in [0.29, 0.717) is 25.1 Å². The Morgan fingerprint density at radius 3 is 2.22 bits per heavy atom. The third kappa shape index (κ3) is 9.15. The van der Waals surface area contributed by atoms with Crippen LogP contribution in [0.3, 0.4) is 0 Å². The minimum Gasteiger partial charge on any atom is -0.377 e. The molecule has 0 bridgehead atoms. The third-order valence-corrected chi connectivity index (χ3v) is 3.62. The van der Waals surface area contributed by atoms with Crippen molar-refractivity contribution in [3.8, 4) is 0 Å². The molecule has 0 aromatic heterocycles. The average Bonchev–Trinajstić information content (AvgIpc) is 2.51. The summed E-state index contributed by atoms with van der Waals surface area (Å²) in [5.74, 6) is 1.45. The standard InChI is InChI=1S/C18H31N3O.HI/c1-6-19-18(21-15(5)14(3)4)20-12-16-8-10-17(11-9-16)13-22-7-2;/h8-11,14-15H,6-7,12-13H2,1-5H3,(H2,19,20,21);1H. The van der Waals surface area contributed by atoms with Crippen molar-refractivity contribution in [3.63, 3.8) is 0 Å². The second-order valence-electron chi connectivity index (χ2n) is 5.83. The molecule has 0 aliphatic carbocycles. The summed E-state index contributed by atoms with van der Waals surface area (Å²) in [7, 11) is 0. The van der Waals surface area contributed by atoms with Gasteiger partial charge in [0, 0.05) is 19.2 Å². The molecule has 0 saturated carbocycles. The largest absolute Gasteiger partial charge is 0.377 e. The monoisotopic (exact) mass is 433 g/mol. The molecular formula is C18H32IN3O. The summed E-state index contributed by atoms with van der Waals surface area (Å²) < 4.78 is 5.41. The van der Waals surface area contributed by atoms with Crippen molar-refractivity contribution >= 4 is 29.9 Å². The van der Waals surface area contributed by atoms with Gasteiger partial charge in [0.1, 0.15) is 0 Å². The Morgan fingerprint density at radius 2 is 1.70 bits per heavy atom. The van der Waals surface area contributed by atoms with Gasteiger partial charge in [-0.3, -0.25) is 0 Å². The highest BCUT2D eigenvalue weighted by molar-refractivity contribution is 14.0. The summed E-state index contributed by atoms with van der Waals surface area (Å²) in [6, 6.07) is 8.85. The van der Waals surface area contributed by atoms with Gasteiger partial charge in [-0.25, -0.2) is 4.99 Å². The lowest BCUT2D eigenvalue weighted by atomic mass is 10.1. The molecule has 4 nitrogen and oxygen atoms in total. The lowest BCUT2D eigenvalue weighted by molar-refractivity contribution is 0.134. The van der Waals surface area contributed by atoms with Crippen LogP contribution >= 0.6 is 24.0 Å². The second kappa shape index (κ2) is 12.6. The van der Waals surface area contributed by atoms with E-state index in [2.05, 4.69) is 67.6 Å². The van der Waals surface area contributed by atoms with Crippen LogP contribution in [-0.2, 0) is 17.9 Å². The van der Waals surface area contributed by atoms with E-state index in [1.165, 1.54) is 11.1 Å². The van der Waals surface area contributed by atoms with E-state index in [1.54, 1.807) is 0 Å². The average molecular weight is 433 g/mol. The van der Waals surface area contributed by atoms with Crippen molar-refractivity contribution in [3.05, 3.63) is 35.4 Å². The fourth-order valence-electron chi connectivity index (χ4n) is 1.83. The highest BCUT2D eigenvalue weighted by atomic mass is 127. The van der Waals surface area contributed by atoms with E-state index >= 15 is 0 Å². The number of halogens is 1. The fraction of sp³-hybridized carbons (Fsp3) is 0.611. The summed E-state index contributed by atoms with van der Waals surface area (Å²) in [6.07, 6.45) is 0. The molecule has 1 atom stereocenters. The minimum atomic E-state index is 0. The zero-order valence-electron chi connectivity index (χ0n) is 15.1. The normalized spacial score (nSPS) is 12.7. The van der Waals surface area contributed by atoms with E-state index in [0.717, 1.165) is 19.1 Å². The van der Waals surface area contributed by atoms with Crippen molar-refractivity contribution in [2.75, 3.05) is 13.2 Å². The summed E-state index contributed by atoms with van der Waals surface area (Å²) >= 11 is 0. The zero-order chi connectivity index (χ0) is 16.4. The zero-order valence-corrected chi connectivity index (χ0v) is 17.4. The molecule has 1 aromatic carbocycles. The summed E-state index contributed by atoms with van der Waals surface area (Å²) in [4.78, 5) is 4.66. The first-order valence-electron chi connectivity index (χ1n) is 8.27. The topological polar surface area (TPSA) is 45.7 Å². The van der Waals surface area contributed by atoms with E-state index in [9.17, 15) is 0 Å². The predicted molar refractivity (Wildman–Crippen MR) is 109 cm³/mol. The first-order valence-corrected chi connectivity index (χ1v) is 8.27. The smallest absolute Gasteiger partial charge is 0.191 e. The molecule has 0 aliphatic heterocycles. The van der Waals surface area contributed by atoms with Gasteiger partial charge in [-0.05, 0) is 37.8 Å². The van der Waals surface area contributed by atoms with Gasteiger partial charge in [0.2, 0.25) is 0 Å². The van der Waals surface area contributed by atoms with Crippen LogP contribution in [0, 0.1) is 5.92 Å². The molecular weight excluding hydrogens is 401 g/mol. The van der Waals surface area contributed by atoms with E-state index < -0.39 is 0 Å². The van der Waals surface area contributed by atoms with Crippen molar-refractivity contribution in [1.82, 2.24) is 10.6 Å². The molecule has 0 radical (unpaired) electrons. The van der Waals surface area contributed by atoms with E-state index in [1.807, 2.05) is 6.92 Å². The van der Waals surface area contributed by atoms with Crippen molar-refractivity contribution < 1.29 is 4.74 Å². The van der Waals surface area contributed by atoms with Crippen LogP contribution < -0.4 is 10.6 Å². The van der Waals surface area contributed by atoms with Crippen molar-refractivity contribution in [2.24, 2.45) is 10.9 Å². The Bertz CT molecular complexity index is 446. The number of rotatable bonds is 8. The molecule has 132 valence electrons. The summed E-state index contributed by atoms with van der Waals surface area (Å²) in [6.45, 7) is 13.7. The van der Waals surface area contributed by atoms with Gasteiger partial charge in [0.25, 0.3) is 0 Å². The maximum Gasteiger partial charge on any atom is 0.191 e. The van der Waals surface area contributed by atoms with Gasteiger partial charge in [0.05, 0.1) is 13.2 Å². The fourth-order valence-corrected chi connectivity index (χ4v) is 1.83. The second-order valence-corrected chi connectivity index (χ2v) is 5.83. The van der Waals surface area contributed by atoms with Crippen LogP contribution in [0.25, 0.3) is 0 Å². The lowest BCUT2D eigenvalue weighted by Gasteiger charge is -2.20. The van der Waals surface area contributed by atoms with Gasteiger partial charge < -0.3 is 15.4 Å². The molecule has 0 amide bonds. The number of guanidine groups is 1. The Labute approximate surface area is 158 Å². The van der Waals surface area contributed by atoms with Gasteiger partial charge in [0.15, 0.2) is 5.96 Å². The number of aliphatic imine (C=N–C) groups is 1. The first-order chi connectivity index (χ1) is 10.6. The molecule has 1 aromatic rings. The number of benzene rings is 1. The SMILES string of the molecule is CCNC(=NCc1ccc(COCC)cc1)NC(C)C(C)C.I. The van der Waals surface area contributed by atoms with Gasteiger partial charge >= 0.3 is 0 Å². The highest BCUT2D eigenvalue weighted by Crippen LogP contribution is 2.07. The molecule has 0 aliphatic rings. The summed E-state index contributed by atoms with van der Waals surface area (Å²) in [5, 5.41) is 6.74. The molecule has 0 saturated heterocycles. The minimum absolute atomic E-state index is 0. The maximum atomic E-state index is 5.41. The van der Waals surface area contributed by atoms with Gasteiger partial charge in [-0.15, -0.1) is 24.0 Å². The van der Waals surface area contributed by atoms with Crippen LogP contribution in [0.5, 0.6) is 0 Å². The molecule has 23 heavy (non-hydrogen) atoms. The van der Waals surface area contributed by atoms with E-state index in [4.69, 9.17) is 4.74 Å². The Balaban J connectivity index is 0.00000484. The Kier molecular flexibility index (Phi) is 12.1. The number of nitrogens with zero attached hydrogens (tertiary/aromatic N) is 1. The van der Waals surface area contributed by atoms with Crippen LogP contribution in [0.15, 0.2) is 29.3 Å². The number of hydrogen-bond donors (Lipinski definition) is 2.